The average molecular weight is 229 g/mol. The molecule has 0 radical (unpaired) electrons. The smallest absolute Gasteiger partial charge is 0.205 e. The maximum absolute atomic E-state index is 5.39. The van der Waals surface area contributed by atoms with E-state index < -0.39 is 0 Å². The molecular weight excluding hydrogens is 202 g/mol. The Hall–Kier alpha value is -0.810. The summed E-state index contributed by atoms with van der Waals surface area (Å²) in [5, 5.41) is 3.15. The van der Waals surface area contributed by atoms with E-state index in [0.29, 0.717) is 5.96 Å². The molecule has 0 aliphatic carbocycles. The summed E-state index contributed by atoms with van der Waals surface area (Å²) in [5.41, 5.74) is 2.74. The highest BCUT2D eigenvalue weighted by Gasteiger charge is 2.18. The zero-order chi connectivity index (χ0) is 12.6. The van der Waals surface area contributed by atoms with Crippen molar-refractivity contribution < 1.29 is 0 Å². The van der Waals surface area contributed by atoms with Crippen LogP contribution in [0.2, 0.25) is 0 Å². The summed E-state index contributed by atoms with van der Waals surface area (Å²) in [6, 6.07) is 0. The van der Waals surface area contributed by atoms with E-state index in [0.717, 1.165) is 26.1 Å². The third-order valence-electron chi connectivity index (χ3n) is 2.09. The first kappa shape index (κ1) is 15.2. The first-order chi connectivity index (χ1) is 7.41. The number of rotatable bonds is 6. The largest absolute Gasteiger partial charge is 0.355 e. The number of aliphatic imine (C=N–C) groups is 1. The molecule has 0 amide bonds. The van der Waals surface area contributed by atoms with Crippen LogP contribution < -0.4 is 16.6 Å². The van der Waals surface area contributed by atoms with Gasteiger partial charge in [0, 0.05) is 19.6 Å². The van der Waals surface area contributed by atoms with Crippen molar-refractivity contribution in [1.29, 1.82) is 0 Å². The van der Waals surface area contributed by atoms with E-state index in [2.05, 4.69) is 55.5 Å². The van der Waals surface area contributed by atoms with E-state index in [4.69, 9.17) is 5.84 Å². The van der Waals surface area contributed by atoms with Gasteiger partial charge in [0.05, 0.1) is 0 Å². The second-order valence-corrected chi connectivity index (χ2v) is 5.14. The predicted octanol–water partition coefficient (Wildman–Crippen LogP) is 0.393. The standard InChI is InChI=1S/C11H27N5/c1-6-7-13-10(15-12)14-8-11(2,3)9-16(4)5/h6-9,12H2,1-5H3,(H2,13,14,15). The quantitative estimate of drug-likeness (QED) is 0.267. The van der Waals surface area contributed by atoms with Crippen molar-refractivity contribution in [1.82, 2.24) is 15.6 Å². The van der Waals surface area contributed by atoms with Crippen LogP contribution in [0.1, 0.15) is 27.2 Å². The van der Waals surface area contributed by atoms with Gasteiger partial charge in [-0.15, -0.1) is 0 Å². The lowest BCUT2D eigenvalue weighted by atomic mass is 9.93. The fourth-order valence-corrected chi connectivity index (χ4v) is 1.60. The number of hydrazine groups is 1. The van der Waals surface area contributed by atoms with Crippen molar-refractivity contribution in [2.75, 3.05) is 33.7 Å². The van der Waals surface area contributed by atoms with Gasteiger partial charge in [-0.2, -0.15) is 0 Å². The molecular formula is C11H27N5. The van der Waals surface area contributed by atoms with Crippen LogP contribution in [0.4, 0.5) is 0 Å². The minimum atomic E-state index is 0.152. The van der Waals surface area contributed by atoms with Crippen molar-refractivity contribution in [3.63, 3.8) is 0 Å². The number of hydrogen-bond donors (Lipinski definition) is 3. The van der Waals surface area contributed by atoms with E-state index in [1.165, 1.54) is 0 Å². The van der Waals surface area contributed by atoms with Gasteiger partial charge in [-0.1, -0.05) is 20.8 Å². The van der Waals surface area contributed by atoms with Crippen LogP contribution in [-0.2, 0) is 0 Å². The fraction of sp³-hybridized carbons (Fsp3) is 0.909. The van der Waals surface area contributed by atoms with Gasteiger partial charge >= 0.3 is 0 Å². The Kier molecular flexibility index (Phi) is 7.08. The zero-order valence-electron chi connectivity index (χ0n) is 11.3. The highest BCUT2D eigenvalue weighted by atomic mass is 15.3. The lowest BCUT2D eigenvalue weighted by Gasteiger charge is -2.26. The lowest BCUT2D eigenvalue weighted by Crippen LogP contribution is -2.43. The predicted molar refractivity (Wildman–Crippen MR) is 70.3 cm³/mol. The van der Waals surface area contributed by atoms with E-state index >= 15 is 0 Å². The maximum atomic E-state index is 5.39. The van der Waals surface area contributed by atoms with Crippen molar-refractivity contribution in [2.24, 2.45) is 16.3 Å². The fourth-order valence-electron chi connectivity index (χ4n) is 1.60. The monoisotopic (exact) mass is 229 g/mol. The molecule has 5 nitrogen and oxygen atoms in total. The number of guanidine groups is 1. The van der Waals surface area contributed by atoms with Crippen LogP contribution in [-0.4, -0.2) is 44.6 Å². The summed E-state index contributed by atoms with van der Waals surface area (Å²) in [4.78, 5) is 6.62. The van der Waals surface area contributed by atoms with Crippen LogP contribution >= 0.6 is 0 Å². The van der Waals surface area contributed by atoms with Gasteiger partial charge in [-0.25, -0.2) is 5.84 Å². The molecule has 4 N–H and O–H groups in total. The Bertz CT molecular complexity index is 210. The Labute approximate surface area is 99.5 Å². The molecule has 0 saturated heterocycles. The third kappa shape index (κ3) is 7.48. The van der Waals surface area contributed by atoms with Gasteiger partial charge in [-0.05, 0) is 25.9 Å². The molecule has 96 valence electrons. The second kappa shape index (κ2) is 7.46. The SMILES string of the molecule is CCCNC(=NCC(C)(C)CN(C)C)NN. The molecule has 0 aromatic heterocycles. The minimum absolute atomic E-state index is 0.152. The number of nitrogens with zero attached hydrogens (tertiary/aromatic N) is 2. The Morgan fingerprint density at radius 1 is 1.38 bits per heavy atom. The molecule has 0 atom stereocenters. The van der Waals surface area contributed by atoms with Crippen molar-refractivity contribution in [2.45, 2.75) is 27.2 Å². The molecule has 0 heterocycles. The van der Waals surface area contributed by atoms with Crippen LogP contribution in [0, 0.1) is 5.41 Å². The van der Waals surface area contributed by atoms with Gasteiger partial charge < -0.3 is 10.2 Å². The first-order valence-corrected chi connectivity index (χ1v) is 5.81. The topological polar surface area (TPSA) is 65.7 Å². The summed E-state index contributed by atoms with van der Waals surface area (Å²) in [6.07, 6.45) is 1.06. The number of hydrogen-bond acceptors (Lipinski definition) is 3. The van der Waals surface area contributed by atoms with Crippen LogP contribution in [0.5, 0.6) is 0 Å². The van der Waals surface area contributed by atoms with Gasteiger partial charge in [0.2, 0.25) is 5.96 Å². The molecule has 0 unspecified atom stereocenters. The molecule has 0 aromatic rings. The average Bonchev–Trinajstić information content (AvgIpc) is 2.16. The van der Waals surface area contributed by atoms with Gasteiger partial charge in [0.1, 0.15) is 0 Å². The van der Waals surface area contributed by atoms with Crippen molar-refractivity contribution in [3.05, 3.63) is 0 Å². The summed E-state index contributed by atoms with van der Waals surface area (Å²) >= 11 is 0. The van der Waals surface area contributed by atoms with E-state index in [1.807, 2.05) is 0 Å². The van der Waals surface area contributed by atoms with Crippen molar-refractivity contribution in [3.8, 4) is 0 Å². The van der Waals surface area contributed by atoms with E-state index in [1.54, 1.807) is 0 Å². The second-order valence-electron chi connectivity index (χ2n) is 5.14. The van der Waals surface area contributed by atoms with Crippen LogP contribution in [0.3, 0.4) is 0 Å². The molecule has 0 aliphatic heterocycles. The highest BCUT2D eigenvalue weighted by molar-refractivity contribution is 5.79. The molecule has 0 saturated carbocycles. The normalized spacial score (nSPS) is 13.1. The molecule has 0 aliphatic rings. The van der Waals surface area contributed by atoms with Crippen LogP contribution in [0.15, 0.2) is 4.99 Å². The first-order valence-electron chi connectivity index (χ1n) is 5.81. The molecule has 5 heteroatoms. The van der Waals surface area contributed by atoms with E-state index in [9.17, 15) is 0 Å². The maximum Gasteiger partial charge on any atom is 0.205 e. The molecule has 16 heavy (non-hydrogen) atoms. The Balaban J connectivity index is 4.18. The molecule has 0 bridgehead atoms. The molecule has 0 aromatic carbocycles. The zero-order valence-corrected chi connectivity index (χ0v) is 11.3. The van der Waals surface area contributed by atoms with Gasteiger partial charge in [-0.3, -0.25) is 10.4 Å². The molecule has 0 spiro atoms. The number of nitrogens with two attached hydrogens (primary N) is 1. The Morgan fingerprint density at radius 2 is 2.00 bits per heavy atom. The molecule has 0 fully saturated rings. The van der Waals surface area contributed by atoms with E-state index in [-0.39, 0.29) is 5.41 Å². The lowest BCUT2D eigenvalue weighted by molar-refractivity contribution is 0.248. The van der Waals surface area contributed by atoms with Crippen LogP contribution in [0.25, 0.3) is 0 Å². The number of nitrogens with one attached hydrogen (secondary N) is 2. The third-order valence-corrected chi connectivity index (χ3v) is 2.09. The summed E-state index contributed by atoms with van der Waals surface area (Å²) in [7, 11) is 4.14. The summed E-state index contributed by atoms with van der Waals surface area (Å²) in [5.74, 6) is 6.07. The van der Waals surface area contributed by atoms with Crippen molar-refractivity contribution >= 4 is 5.96 Å². The summed E-state index contributed by atoms with van der Waals surface area (Å²) < 4.78 is 0. The summed E-state index contributed by atoms with van der Waals surface area (Å²) in [6.45, 7) is 9.15. The minimum Gasteiger partial charge on any atom is -0.355 e. The molecule has 0 rings (SSSR count). The Morgan fingerprint density at radius 3 is 2.44 bits per heavy atom. The van der Waals surface area contributed by atoms with Gasteiger partial charge in [0.15, 0.2) is 0 Å². The van der Waals surface area contributed by atoms with Gasteiger partial charge in [0.25, 0.3) is 0 Å². The highest BCUT2D eigenvalue weighted by Crippen LogP contribution is 2.15.